The Morgan fingerprint density at radius 3 is 2.67 bits per heavy atom. The average Bonchev–Trinajstić information content (AvgIpc) is 2.96. The molecule has 0 saturated carbocycles. The molecule has 2 N–H and O–H groups in total. The summed E-state index contributed by atoms with van der Waals surface area (Å²) in [5.41, 5.74) is 2.96. The number of amides is 1. The van der Waals surface area contributed by atoms with Gasteiger partial charge in [0.2, 0.25) is 5.91 Å². The molecule has 0 bridgehead atoms. The van der Waals surface area contributed by atoms with E-state index in [1.807, 2.05) is 25.1 Å². The van der Waals surface area contributed by atoms with E-state index >= 15 is 0 Å². The summed E-state index contributed by atoms with van der Waals surface area (Å²) in [6.45, 7) is 2.70. The Hall–Kier alpha value is -2.32. The van der Waals surface area contributed by atoms with Crippen molar-refractivity contribution in [1.29, 1.82) is 0 Å². The van der Waals surface area contributed by atoms with E-state index in [9.17, 15) is 13.2 Å². The van der Waals surface area contributed by atoms with Crippen molar-refractivity contribution in [2.24, 2.45) is 4.99 Å². The Labute approximate surface area is 182 Å². The first-order valence-electron chi connectivity index (χ1n) is 10.0. The van der Waals surface area contributed by atoms with Crippen LogP contribution in [0.4, 0.5) is 5.69 Å². The highest BCUT2D eigenvalue weighted by Crippen LogP contribution is 2.17. The van der Waals surface area contributed by atoms with Crippen LogP contribution < -0.4 is 10.0 Å². The van der Waals surface area contributed by atoms with Gasteiger partial charge in [0.1, 0.15) is 5.84 Å². The number of sulfonamides is 1. The predicted molar refractivity (Wildman–Crippen MR) is 124 cm³/mol. The molecule has 0 unspecified atom stereocenters. The zero-order valence-corrected chi connectivity index (χ0v) is 18.7. The number of carbonyl (C=O) groups is 1. The first-order chi connectivity index (χ1) is 14.4. The first kappa shape index (κ1) is 22.4. The van der Waals surface area contributed by atoms with Gasteiger partial charge in [-0.15, -0.1) is 11.8 Å². The van der Waals surface area contributed by atoms with Gasteiger partial charge in [-0.1, -0.05) is 36.2 Å². The molecule has 2 aromatic rings. The molecular formula is C22H27N3O3S2. The summed E-state index contributed by atoms with van der Waals surface area (Å²) in [5.74, 6) is 1.50. The van der Waals surface area contributed by atoms with E-state index in [4.69, 9.17) is 0 Å². The molecular weight excluding hydrogens is 418 g/mol. The molecule has 0 aliphatic carbocycles. The van der Waals surface area contributed by atoms with Crippen LogP contribution in [-0.2, 0) is 20.6 Å². The predicted octanol–water partition coefficient (Wildman–Crippen LogP) is 4.12. The van der Waals surface area contributed by atoms with Crippen molar-refractivity contribution in [3.8, 4) is 0 Å². The highest BCUT2D eigenvalue weighted by Gasteiger charge is 2.17. The Bertz CT molecular complexity index is 1000. The Kier molecular flexibility index (Phi) is 7.93. The fourth-order valence-corrected chi connectivity index (χ4v) is 5.01. The molecule has 0 radical (unpaired) electrons. The van der Waals surface area contributed by atoms with Crippen molar-refractivity contribution in [2.75, 3.05) is 17.6 Å². The molecule has 0 atom stereocenters. The molecule has 160 valence electrons. The summed E-state index contributed by atoms with van der Waals surface area (Å²) < 4.78 is 27.7. The van der Waals surface area contributed by atoms with Crippen molar-refractivity contribution in [2.45, 2.75) is 43.3 Å². The molecule has 1 aliphatic heterocycles. The standard InChI is InChI=1S/C22H27N3O3S2/c1-17-6-5-7-18(14-17)15-29-16-22(26)24-19-9-11-20(12-10-19)30(27,28)25-21-8-3-2-4-13-23-21/h5-7,9-12,14H,2-4,8,13,15-16H2,1H3,(H,23,25)(H,24,26). The highest BCUT2D eigenvalue weighted by atomic mass is 32.2. The number of anilines is 1. The van der Waals surface area contributed by atoms with Crippen LogP contribution in [-0.4, -0.2) is 32.5 Å². The zero-order valence-electron chi connectivity index (χ0n) is 17.1. The van der Waals surface area contributed by atoms with Crippen LogP contribution in [0, 0.1) is 6.92 Å². The molecule has 3 rings (SSSR count). The highest BCUT2D eigenvalue weighted by molar-refractivity contribution is 7.99. The van der Waals surface area contributed by atoms with E-state index in [1.54, 1.807) is 12.1 Å². The maximum Gasteiger partial charge on any atom is 0.262 e. The summed E-state index contributed by atoms with van der Waals surface area (Å²) in [7, 11) is -3.67. The smallest absolute Gasteiger partial charge is 0.262 e. The number of rotatable bonds is 7. The Morgan fingerprint density at radius 1 is 1.10 bits per heavy atom. The molecule has 1 amide bonds. The van der Waals surface area contributed by atoms with Crippen molar-refractivity contribution < 1.29 is 13.2 Å². The lowest BCUT2D eigenvalue weighted by Crippen LogP contribution is -2.30. The molecule has 0 fully saturated rings. The maximum absolute atomic E-state index is 12.6. The SMILES string of the molecule is Cc1cccc(CSCC(=O)Nc2ccc(S(=O)(=O)NC3=NCCCCC3)cc2)c1. The number of thioether (sulfide) groups is 1. The second-order valence-electron chi connectivity index (χ2n) is 7.30. The van der Waals surface area contributed by atoms with Crippen LogP contribution in [0.1, 0.15) is 36.8 Å². The minimum absolute atomic E-state index is 0.116. The van der Waals surface area contributed by atoms with Gasteiger partial charge in [0.25, 0.3) is 10.0 Å². The number of aliphatic imine (C=N–C) groups is 1. The van der Waals surface area contributed by atoms with Crippen LogP contribution in [0.25, 0.3) is 0 Å². The number of nitrogens with one attached hydrogen (secondary N) is 2. The summed E-state index contributed by atoms with van der Waals surface area (Å²) >= 11 is 1.54. The lowest BCUT2D eigenvalue weighted by Gasteiger charge is -2.11. The molecule has 0 saturated heterocycles. The summed E-state index contributed by atoms with van der Waals surface area (Å²) in [4.78, 5) is 16.6. The third kappa shape index (κ3) is 6.88. The molecule has 0 aromatic heterocycles. The molecule has 6 nitrogen and oxygen atoms in total. The van der Waals surface area contributed by atoms with Gasteiger partial charge in [-0.3, -0.25) is 14.5 Å². The van der Waals surface area contributed by atoms with Crippen LogP contribution in [0.5, 0.6) is 0 Å². The third-order valence-corrected chi connectivity index (χ3v) is 7.06. The average molecular weight is 446 g/mol. The lowest BCUT2D eigenvalue weighted by atomic mass is 10.2. The van der Waals surface area contributed by atoms with Crippen LogP contribution in [0.3, 0.4) is 0 Å². The van der Waals surface area contributed by atoms with Gasteiger partial charge in [-0.05, 0) is 49.6 Å². The zero-order chi connectivity index (χ0) is 21.4. The topological polar surface area (TPSA) is 87.6 Å². The second-order valence-corrected chi connectivity index (χ2v) is 9.97. The normalized spacial score (nSPS) is 14.5. The van der Waals surface area contributed by atoms with Crippen LogP contribution in [0.2, 0.25) is 0 Å². The molecule has 2 aromatic carbocycles. The number of amidine groups is 1. The van der Waals surface area contributed by atoms with Gasteiger partial charge in [-0.25, -0.2) is 8.42 Å². The fourth-order valence-electron chi connectivity index (χ4n) is 3.15. The van der Waals surface area contributed by atoms with Crippen molar-refractivity contribution in [1.82, 2.24) is 4.72 Å². The van der Waals surface area contributed by atoms with E-state index in [2.05, 4.69) is 21.1 Å². The minimum Gasteiger partial charge on any atom is -0.325 e. The fraction of sp³-hybridized carbons (Fsp3) is 0.364. The molecule has 8 heteroatoms. The number of aryl methyl sites for hydroxylation is 1. The number of carbonyl (C=O) groups excluding carboxylic acids is 1. The Morgan fingerprint density at radius 2 is 1.90 bits per heavy atom. The van der Waals surface area contributed by atoms with Crippen molar-refractivity contribution >= 4 is 39.2 Å². The second kappa shape index (κ2) is 10.6. The summed E-state index contributed by atoms with van der Waals surface area (Å²) in [6.07, 6.45) is 3.64. The van der Waals surface area contributed by atoms with Gasteiger partial charge in [0, 0.05) is 24.4 Å². The Balaban J connectivity index is 1.50. The minimum atomic E-state index is -3.67. The number of hydrogen-bond donors (Lipinski definition) is 2. The number of benzene rings is 2. The molecule has 1 aliphatic rings. The summed E-state index contributed by atoms with van der Waals surface area (Å²) in [6, 6.07) is 14.4. The van der Waals surface area contributed by atoms with Crippen molar-refractivity contribution in [3.05, 3.63) is 59.7 Å². The maximum atomic E-state index is 12.6. The largest absolute Gasteiger partial charge is 0.325 e. The third-order valence-electron chi connectivity index (χ3n) is 4.66. The van der Waals surface area contributed by atoms with Crippen LogP contribution in [0.15, 0.2) is 58.4 Å². The van der Waals surface area contributed by atoms with Crippen LogP contribution >= 0.6 is 11.8 Å². The lowest BCUT2D eigenvalue weighted by molar-refractivity contribution is -0.113. The number of nitrogens with zero attached hydrogens (tertiary/aromatic N) is 1. The van der Waals surface area contributed by atoms with E-state index in [0.29, 0.717) is 30.2 Å². The monoisotopic (exact) mass is 445 g/mol. The quantitative estimate of drug-likeness (QED) is 0.671. The molecule has 1 heterocycles. The van der Waals surface area contributed by atoms with E-state index in [-0.39, 0.29) is 10.8 Å². The van der Waals surface area contributed by atoms with E-state index in [1.165, 1.54) is 35.0 Å². The van der Waals surface area contributed by atoms with Gasteiger partial charge < -0.3 is 5.32 Å². The summed E-state index contributed by atoms with van der Waals surface area (Å²) in [5, 5.41) is 2.81. The van der Waals surface area contributed by atoms with Gasteiger partial charge in [0.05, 0.1) is 10.6 Å². The van der Waals surface area contributed by atoms with Crippen molar-refractivity contribution in [3.63, 3.8) is 0 Å². The van der Waals surface area contributed by atoms with Gasteiger partial charge in [-0.2, -0.15) is 0 Å². The number of hydrogen-bond acceptors (Lipinski definition) is 5. The molecule has 30 heavy (non-hydrogen) atoms. The van der Waals surface area contributed by atoms with Gasteiger partial charge >= 0.3 is 0 Å². The van der Waals surface area contributed by atoms with Gasteiger partial charge in [0.15, 0.2) is 0 Å². The first-order valence-corrected chi connectivity index (χ1v) is 12.7. The van der Waals surface area contributed by atoms with E-state index < -0.39 is 10.0 Å². The molecule has 0 spiro atoms. The van der Waals surface area contributed by atoms with E-state index in [0.717, 1.165) is 25.0 Å².